The molecule has 0 aromatic heterocycles. The Balaban J connectivity index is 1.60. The summed E-state index contributed by atoms with van der Waals surface area (Å²) in [5, 5.41) is 2.45. The molecule has 0 spiro atoms. The highest BCUT2D eigenvalue weighted by Crippen LogP contribution is 2.38. The van der Waals surface area contributed by atoms with E-state index in [0.29, 0.717) is 31.5 Å². The summed E-state index contributed by atoms with van der Waals surface area (Å²) in [6.07, 6.45) is 3.09. The number of piperidine rings is 2. The number of ketones is 1. The third-order valence-electron chi connectivity index (χ3n) is 5.29. The van der Waals surface area contributed by atoms with E-state index in [1.165, 1.54) is 11.3 Å². The summed E-state index contributed by atoms with van der Waals surface area (Å²) < 4.78 is 0. The minimum atomic E-state index is -0.262. The lowest BCUT2D eigenvalue weighted by Gasteiger charge is -2.33. The van der Waals surface area contributed by atoms with Crippen LogP contribution in [0.1, 0.15) is 31.2 Å². The Kier molecular flexibility index (Phi) is 3.75. The van der Waals surface area contributed by atoms with E-state index in [0.717, 1.165) is 31.7 Å². The summed E-state index contributed by atoms with van der Waals surface area (Å²) in [5.74, 6) is -0.0283. The zero-order valence-electron chi connectivity index (χ0n) is 13.6. The summed E-state index contributed by atoms with van der Waals surface area (Å²) >= 11 is 0. The molecule has 0 aliphatic carbocycles. The highest BCUT2D eigenvalue weighted by atomic mass is 16.2. The van der Waals surface area contributed by atoms with Gasteiger partial charge in [-0.25, -0.2) is 0 Å². The first kappa shape index (κ1) is 15.2. The number of Topliss-reactive ketones (excluding diaryl/α,β-unsaturated/α-hetero) is 1. The Labute approximate surface area is 140 Å². The third kappa shape index (κ3) is 2.56. The first-order valence-corrected chi connectivity index (χ1v) is 8.62. The summed E-state index contributed by atoms with van der Waals surface area (Å²) in [6, 6.07) is 5.93. The Morgan fingerprint density at radius 2 is 1.67 bits per heavy atom. The van der Waals surface area contributed by atoms with Crippen LogP contribution in [0.5, 0.6) is 0 Å². The Morgan fingerprint density at radius 3 is 2.42 bits per heavy atom. The van der Waals surface area contributed by atoms with Crippen LogP contribution in [0.4, 0.5) is 11.4 Å². The van der Waals surface area contributed by atoms with Crippen molar-refractivity contribution in [3.8, 4) is 0 Å². The van der Waals surface area contributed by atoms with E-state index in [2.05, 4.69) is 27.2 Å². The average molecular weight is 327 g/mol. The van der Waals surface area contributed by atoms with Crippen LogP contribution in [0.15, 0.2) is 18.2 Å². The predicted molar refractivity (Wildman–Crippen MR) is 90.1 cm³/mol. The maximum absolute atomic E-state index is 12.2. The van der Waals surface area contributed by atoms with E-state index in [9.17, 15) is 14.4 Å². The molecule has 2 amide bonds. The van der Waals surface area contributed by atoms with Gasteiger partial charge in [0.05, 0.1) is 0 Å². The molecule has 1 N–H and O–H groups in total. The van der Waals surface area contributed by atoms with Gasteiger partial charge in [-0.1, -0.05) is 6.07 Å². The van der Waals surface area contributed by atoms with Gasteiger partial charge in [0.25, 0.3) is 0 Å². The van der Waals surface area contributed by atoms with Gasteiger partial charge in [-0.15, -0.1) is 0 Å². The van der Waals surface area contributed by atoms with Crippen molar-refractivity contribution < 1.29 is 14.4 Å². The molecule has 3 heterocycles. The van der Waals surface area contributed by atoms with Gasteiger partial charge in [0.2, 0.25) is 11.8 Å². The van der Waals surface area contributed by atoms with E-state index >= 15 is 0 Å². The lowest BCUT2D eigenvalue weighted by molar-refractivity contribution is -0.134. The number of amides is 2. The normalized spacial score (nSPS) is 24.2. The zero-order valence-corrected chi connectivity index (χ0v) is 13.6. The highest BCUT2D eigenvalue weighted by molar-refractivity contribution is 6.02. The molecule has 2 fully saturated rings. The van der Waals surface area contributed by atoms with Crippen molar-refractivity contribution in [1.82, 2.24) is 5.32 Å². The Morgan fingerprint density at radius 1 is 0.917 bits per heavy atom. The van der Waals surface area contributed by atoms with E-state index in [-0.39, 0.29) is 17.9 Å². The first-order valence-electron chi connectivity index (χ1n) is 8.62. The maximum Gasteiger partial charge on any atom is 0.249 e. The molecule has 3 aliphatic heterocycles. The number of imide groups is 1. The van der Waals surface area contributed by atoms with Crippen LogP contribution < -0.4 is 15.1 Å². The molecule has 126 valence electrons. The van der Waals surface area contributed by atoms with Crippen molar-refractivity contribution in [3.05, 3.63) is 23.8 Å². The quantitative estimate of drug-likeness (QED) is 0.822. The first-order chi connectivity index (χ1) is 11.6. The van der Waals surface area contributed by atoms with Crippen LogP contribution in [0.2, 0.25) is 0 Å². The zero-order chi connectivity index (χ0) is 16.7. The number of hydrogen-bond donors (Lipinski definition) is 1. The Bertz CT molecular complexity index is 705. The number of hydrogen-bond acceptors (Lipinski definition) is 5. The number of benzene rings is 1. The summed E-state index contributed by atoms with van der Waals surface area (Å²) in [4.78, 5) is 39.5. The lowest BCUT2D eigenvalue weighted by Crippen LogP contribution is -2.52. The van der Waals surface area contributed by atoms with Gasteiger partial charge in [0, 0.05) is 55.8 Å². The fourth-order valence-electron chi connectivity index (χ4n) is 4.04. The lowest BCUT2D eigenvalue weighted by atomic mass is 10.0. The standard InChI is InChI=1S/C18H21N3O3/c22-12-6-9-20(10-7-12)14-2-1-3-15-13(14)8-11-21(15)16-4-5-17(23)19-18(16)24/h1-3,16H,4-11H2,(H,19,23,24)/t16-/m0/s1. The number of nitrogens with one attached hydrogen (secondary N) is 1. The minimum absolute atomic E-state index is 0.178. The van der Waals surface area contributed by atoms with Crippen LogP contribution >= 0.6 is 0 Å². The van der Waals surface area contributed by atoms with Crippen molar-refractivity contribution in [2.24, 2.45) is 0 Å². The van der Waals surface area contributed by atoms with Gasteiger partial charge in [0.15, 0.2) is 0 Å². The van der Waals surface area contributed by atoms with Gasteiger partial charge in [-0.05, 0) is 25.0 Å². The second-order valence-corrected chi connectivity index (χ2v) is 6.71. The number of nitrogens with zero attached hydrogens (tertiary/aromatic N) is 2. The molecule has 6 heteroatoms. The van der Waals surface area contributed by atoms with Crippen LogP contribution in [0.3, 0.4) is 0 Å². The average Bonchev–Trinajstić information content (AvgIpc) is 3.00. The molecule has 1 aromatic rings. The van der Waals surface area contributed by atoms with Gasteiger partial charge < -0.3 is 9.80 Å². The number of carbonyl (C=O) groups is 3. The molecule has 0 radical (unpaired) electrons. The van der Waals surface area contributed by atoms with E-state index in [1.807, 2.05) is 6.07 Å². The van der Waals surface area contributed by atoms with Crippen LogP contribution in [0, 0.1) is 0 Å². The molecule has 1 aromatic carbocycles. The molecule has 24 heavy (non-hydrogen) atoms. The molecule has 0 saturated carbocycles. The van der Waals surface area contributed by atoms with Crippen molar-refractivity contribution in [2.45, 2.75) is 38.1 Å². The maximum atomic E-state index is 12.2. The van der Waals surface area contributed by atoms with Gasteiger partial charge in [-0.2, -0.15) is 0 Å². The van der Waals surface area contributed by atoms with Gasteiger partial charge in [0.1, 0.15) is 11.8 Å². The number of carbonyl (C=O) groups excluding carboxylic acids is 3. The van der Waals surface area contributed by atoms with Crippen molar-refractivity contribution >= 4 is 29.0 Å². The molecule has 6 nitrogen and oxygen atoms in total. The van der Waals surface area contributed by atoms with Crippen molar-refractivity contribution in [2.75, 3.05) is 29.4 Å². The number of rotatable bonds is 2. The molecule has 3 aliphatic rings. The molecule has 4 rings (SSSR count). The van der Waals surface area contributed by atoms with E-state index in [1.54, 1.807) is 0 Å². The topological polar surface area (TPSA) is 69.7 Å². The summed E-state index contributed by atoms with van der Waals surface area (Å²) in [6.45, 7) is 2.34. The second kappa shape index (κ2) is 5.92. The predicted octanol–water partition coefficient (Wildman–Crippen LogP) is 1.02. The molecule has 0 unspecified atom stereocenters. The fraction of sp³-hybridized carbons (Fsp3) is 0.500. The summed E-state index contributed by atoms with van der Waals surface area (Å²) in [7, 11) is 0. The number of anilines is 2. The molecule has 0 bridgehead atoms. The minimum Gasteiger partial charge on any atom is -0.370 e. The van der Waals surface area contributed by atoms with Crippen LogP contribution in [-0.2, 0) is 20.8 Å². The van der Waals surface area contributed by atoms with Gasteiger partial charge in [-0.3, -0.25) is 19.7 Å². The molecule has 2 saturated heterocycles. The van der Waals surface area contributed by atoms with Gasteiger partial charge >= 0.3 is 0 Å². The number of fused-ring (bicyclic) bond motifs is 1. The van der Waals surface area contributed by atoms with E-state index in [4.69, 9.17) is 0 Å². The molecule has 1 atom stereocenters. The largest absolute Gasteiger partial charge is 0.370 e. The SMILES string of the molecule is O=C1CCN(c2cccc3c2CCN3[C@H]2CCC(=O)NC2=O)CC1. The van der Waals surface area contributed by atoms with Crippen LogP contribution in [-0.4, -0.2) is 43.3 Å². The Hall–Kier alpha value is -2.37. The molecular weight excluding hydrogens is 306 g/mol. The second-order valence-electron chi connectivity index (χ2n) is 6.71. The smallest absolute Gasteiger partial charge is 0.249 e. The highest BCUT2D eigenvalue weighted by Gasteiger charge is 2.36. The van der Waals surface area contributed by atoms with E-state index < -0.39 is 0 Å². The van der Waals surface area contributed by atoms with Crippen molar-refractivity contribution in [3.63, 3.8) is 0 Å². The summed E-state index contributed by atoms with van der Waals surface area (Å²) in [5.41, 5.74) is 3.55. The monoisotopic (exact) mass is 327 g/mol. The van der Waals surface area contributed by atoms with Crippen LogP contribution in [0.25, 0.3) is 0 Å². The molecular formula is C18H21N3O3. The fourth-order valence-corrected chi connectivity index (χ4v) is 4.04. The third-order valence-corrected chi connectivity index (χ3v) is 5.29. The van der Waals surface area contributed by atoms with Crippen molar-refractivity contribution in [1.29, 1.82) is 0 Å².